The molecule has 0 aliphatic heterocycles. The Bertz CT molecular complexity index is 811. The van der Waals surface area contributed by atoms with E-state index in [-0.39, 0.29) is 5.04 Å². The van der Waals surface area contributed by atoms with Gasteiger partial charge in [-0.05, 0) is 15.4 Å². The maximum Gasteiger partial charge on any atom is 0.261 e. The fourth-order valence-electron chi connectivity index (χ4n) is 3.55. The van der Waals surface area contributed by atoms with Gasteiger partial charge in [-0.25, -0.2) is 4.98 Å². The molecule has 3 nitrogen and oxygen atoms in total. The van der Waals surface area contributed by atoms with E-state index >= 15 is 0 Å². The van der Waals surface area contributed by atoms with Crippen molar-refractivity contribution in [1.29, 1.82) is 0 Å². The third-order valence-corrected chi connectivity index (χ3v) is 9.78. The summed E-state index contributed by atoms with van der Waals surface area (Å²) < 4.78 is 8.80. The van der Waals surface area contributed by atoms with E-state index in [4.69, 9.17) is 4.43 Å². The lowest BCUT2D eigenvalue weighted by Gasteiger charge is -2.43. The van der Waals surface area contributed by atoms with Gasteiger partial charge >= 0.3 is 0 Å². The van der Waals surface area contributed by atoms with Crippen molar-refractivity contribution in [3.05, 3.63) is 85.5 Å². The van der Waals surface area contributed by atoms with Crippen LogP contribution in [0.5, 0.6) is 0 Å². The molecule has 0 unspecified atom stereocenters. The van der Waals surface area contributed by atoms with Gasteiger partial charge in [0.05, 0.1) is 24.8 Å². The number of hydrogen-bond acceptors (Lipinski definition) is 2. The van der Waals surface area contributed by atoms with Gasteiger partial charge in [-0.3, -0.25) is 0 Å². The van der Waals surface area contributed by atoms with E-state index in [2.05, 4.69) is 93.0 Å². The molecule has 1 aromatic heterocycles. The summed E-state index contributed by atoms with van der Waals surface area (Å²) in [6.07, 6.45) is 5.37. The summed E-state index contributed by atoms with van der Waals surface area (Å²) in [4.78, 5) is 4.23. The first-order valence-corrected chi connectivity index (χ1v) is 10.8. The van der Waals surface area contributed by atoms with Crippen molar-refractivity contribution < 1.29 is 4.43 Å². The molecular formula is C22H26N2OSi. The zero-order chi connectivity index (χ0) is 18.6. The van der Waals surface area contributed by atoms with Crippen LogP contribution in [0.2, 0.25) is 5.04 Å². The van der Waals surface area contributed by atoms with Crippen molar-refractivity contribution in [2.75, 3.05) is 0 Å². The van der Waals surface area contributed by atoms with E-state index in [1.54, 1.807) is 12.5 Å². The fourth-order valence-corrected chi connectivity index (χ4v) is 8.07. The Morgan fingerprint density at radius 1 is 1.00 bits per heavy atom. The summed E-state index contributed by atoms with van der Waals surface area (Å²) in [7, 11) is -2.52. The molecular weight excluding hydrogens is 336 g/mol. The van der Waals surface area contributed by atoms with E-state index in [0.717, 1.165) is 5.69 Å². The van der Waals surface area contributed by atoms with Gasteiger partial charge < -0.3 is 8.99 Å². The first kappa shape index (κ1) is 18.4. The van der Waals surface area contributed by atoms with Crippen molar-refractivity contribution in [3.8, 4) is 0 Å². The molecule has 0 spiro atoms. The Hall–Kier alpha value is -2.43. The normalized spacial score (nSPS) is 12.1. The second-order valence-electron chi connectivity index (χ2n) is 7.43. The van der Waals surface area contributed by atoms with Crippen LogP contribution in [-0.2, 0) is 11.0 Å². The van der Waals surface area contributed by atoms with Crippen molar-refractivity contribution >= 4 is 24.9 Å². The van der Waals surface area contributed by atoms with Gasteiger partial charge in [-0.1, -0.05) is 88.0 Å². The Morgan fingerprint density at radius 2 is 1.54 bits per heavy atom. The van der Waals surface area contributed by atoms with Crippen LogP contribution in [0.3, 0.4) is 0 Å². The highest BCUT2D eigenvalue weighted by Crippen LogP contribution is 2.37. The predicted molar refractivity (Wildman–Crippen MR) is 111 cm³/mol. The van der Waals surface area contributed by atoms with E-state index in [1.165, 1.54) is 10.4 Å². The molecule has 2 aromatic carbocycles. The molecule has 0 atom stereocenters. The molecule has 134 valence electrons. The summed E-state index contributed by atoms with van der Waals surface area (Å²) in [5.74, 6) is 0. The highest BCUT2D eigenvalue weighted by Gasteiger charge is 2.50. The third kappa shape index (κ3) is 3.30. The van der Waals surface area contributed by atoms with Gasteiger partial charge in [0.2, 0.25) is 0 Å². The minimum Gasteiger partial charge on any atom is -0.402 e. The first-order valence-electron chi connectivity index (χ1n) is 8.87. The summed E-state index contributed by atoms with van der Waals surface area (Å²) in [6, 6.07) is 21.3. The monoisotopic (exact) mass is 362 g/mol. The molecule has 1 heterocycles. The van der Waals surface area contributed by atoms with Crippen LogP contribution in [0.4, 0.5) is 0 Å². The molecule has 0 aliphatic rings. The number of rotatable bonds is 6. The van der Waals surface area contributed by atoms with Crippen molar-refractivity contribution in [2.24, 2.45) is 0 Å². The van der Waals surface area contributed by atoms with E-state index in [9.17, 15) is 0 Å². The molecule has 0 aliphatic carbocycles. The molecule has 0 fully saturated rings. The summed E-state index contributed by atoms with van der Waals surface area (Å²) in [6.45, 7) is 11.2. The van der Waals surface area contributed by atoms with Crippen molar-refractivity contribution in [2.45, 2.75) is 32.4 Å². The standard InChI is InChI=1S/C22H26N2OSi/c1-5-24-18-23-16-19(24)17-25-26(22(2,3)4,20-12-8-6-9-13-20)21-14-10-7-11-15-21/h5-16,18H,1,17H2,2-4H3. The van der Waals surface area contributed by atoms with Crippen LogP contribution in [0, 0.1) is 0 Å². The topological polar surface area (TPSA) is 27.1 Å². The summed E-state index contributed by atoms with van der Waals surface area (Å²) >= 11 is 0. The average Bonchev–Trinajstić information content (AvgIpc) is 3.10. The number of benzene rings is 2. The second-order valence-corrected chi connectivity index (χ2v) is 11.7. The zero-order valence-electron chi connectivity index (χ0n) is 15.7. The SMILES string of the molecule is C=Cn1cncc1CO[Si](c1ccccc1)(c1ccccc1)C(C)(C)C. The van der Waals surface area contributed by atoms with Gasteiger partial charge in [-0.15, -0.1) is 0 Å². The van der Waals surface area contributed by atoms with Crippen LogP contribution in [0.15, 0.2) is 79.8 Å². The number of nitrogens with zero attached hydrogens (tertiary/aromatic N) is 2. The minimum absolute atomic E-state index is 0.0330. The van der Waals surface area contributed by atoms with Crippen molar-refractivity contribution in [1.82, 2.24) is 9.55 Å². The van der Waals surface area contributed by atoms with E-state index in [0.29, 0.717) is 6.61 Å². The lowest BCUT2D eigenvalue weighted by molar-refractivity contribution is 0.280. The quantitative estimate of drug-likeness (QED) is 0.618. The van der Waals surface area contributed by atoms with E-state index < -0.39 is 8.32 Å². The Balaban J connectivity index is 2.13. The number of aromatic nitrogens is 2. The van der Waals surface area contributed by atoms with Crippen molar-refractivity contribution in [3.63, 3.8) is 0 Å². The van der Waals surface area contributed by atoms with E-state index in [1.807, 2.05) is 10.8 Å². The predicted octanol–water partition coefficient (Wildman–Crippen LogP) is 4.06. The maximum absolute atomic E-state index is 6.88. The molecule has 0 radical (unpaired) electrons. The molecule has 0 bridgehead atoms. The van der Waals surface area contributed by atoms with Crippen LogP contribution in [-0.4, -0.2) is 17.9 Å². The molecule has 26 heavy (non-hydrogen) atoms. The molecule has 0 amide bonds. The third-order valence-electron chi connectivity index (χ3n) is 4.80. The summed E-state index contributed by atoms with van der Waals surface area (Å²) in [5, 5.41) is 2.53. The van der Waals surface area contributed by atoms with Crippen LogP contribution >= 0.6 is 0 Å². The fraction of sp³-hybridized carbons (Fsp3) is 0.227. The zero-order valence-corrected chi connectivity index (χ0v) is 16.7. The highest BCUT2D eigenvalue weighted by atomic mass is 28.4. The molecule has 0 saturated carbocycles. The molecule has 0 saturated heterocycles. The maximum atomic E-state index is 6.88. The number of hydrogen-bond donors (Lipinski definition) is 0. The average molecular weight is 363 g/mol. The number of imidazole rings is 1. The minimum atomic E-state index is -2.52. The molecule has 0 N–H and O–H groups in total. The lowest BCUT2D eigenvalue weighted by atomic mass is 10.2. The Kier molecular flexibility index (Phi) is 5.25. The van der Waals surface area contributed by atoms with Gasteiger partial charge in [0.1, 0.15) is 0 Å². The van der Waals surface area contributed by atoms with Crippen LogP contribution in [0.1, 0.15) is 26.5 Å². The first-order chi connectivity index (χ1) is 12.5. The molecule has 4 heteroatoms. The lowest BCUT2D eigenvalue weighted by Crippen LogP contribution is -2.66. The highest BCUT2D eigenvalue weighted by molar-refractivity contribution is 6.99. The second kappa shape index (κ2) is 7.44. The van der Waals surface area contributed by atoms with Gasteiger partial charge in [0.25, 0.3) is 8.32 Å². The van der Waals surface area contributed by atoms with Gasteiger partial charge in [0.15, 0.2) is 0 Å². The van der Waals surface area contributed by atoms with Gasteiger partial charge in [-0.2, -0.15) is 0 Å². The molecule has 3 aromatic rings. The van der Waals surface area contributed by atoms with Crippen LogP contribution < -0.4 is 10.4 Å². The molecule has 3 rings (SSSR count). The Labute approximate surface area is 157 Å². The smallest absolute Gasteiger partial charge is 0.261 e. The van der Waals surface area contributed by atoms with Gasteiger partial charge in [0, 0.05) is 6.20 Å². The van der Waals surface area contributed by atoms with Crippen LogP contribution in [0.25, 0.3) is 6.20 Å². The largest absolute Gasteiger partial charge is 0.402 e. The Morgan fingerprint density at radius 3 is 2.00 bits per heavy atom. The summed E-state index contributed by atoms with van der Waals surface area (Å²) in [5.41, 5.74) is 1.01.